The monoisotopic (exact) mass is 607 g/mol. The van der Waals surface area contributed by atoms with Crippen LogP contribution in [0.1, 0.15) is 13.2 Å². The van der Waals surface area contributed by atoms with E-state index in [0.29, 0.717) is 0 Å². The van der Waals surface area contributed by atoms with E-state index in [1.165, 1.54) is 0 Å². The minimum Gasteiger partial charge on any atom is -0.394 e. The molecule has 0 bridgehead atoms. The summed E-state index contributed by atoms with van der Waals surface area (Å²) in [6.07, 6.45) is -13.0. The third kappa shape index (κ3) is 7.66. The number of carbonyl (C=O) groups is 1. The second-order valence-electron chi connectivity index (χ2n) is 8.42. The fraction of sp³-hybridized carbons (Fsp3) is 0.706. The number of ether oxygens (including phenoxy) is 2. The standard InChI is InChI=1S/C17H27N3O17P2/c1-6(22)18-10-13(26)11(24)7(4-21)35-16(10)36-39(31,32)37-38(29,30)33-5-8-12(25)14(27)15(34-8)20-3-2-9(23)19-17(20)28/h2-3,7-8,10-16,21,24-27H,4-5H2,1H3,(H,18,22)(H,29,30)(H,31,32)(H,19,23,28)/t7-,8-,10-,11?,12-,13-,14-,15-,16?/m1/s1. The second-order valence-corrected chi connectivity index (χ2v) is 11.4. The molecule has 0 spiro atoms. The maximum atomic E-state index is 12.4. The maximum absolute atomic E-state index is 12.4. The van der Waals surface area contributed by atoms with Crippen molar-refractivity contribution in [1.29, 1.82) is 0 Å². The minimum atomic E-state index is -5.63. The molecular weight excluding hydrogens is 580 g/mol. The Bertz CT molecular complexity index is 1240. The van der Waals surface area contributed by atoms with Crippen LogP contribution in [0.4, 0.5) is 0 Å². The zero-order valence-corrected chi connectivity index (χ0v) is 21.6. The average molecular weight is 607 g/mol. The van der Waals surface area contributed by atoms with Crippen molar-refractivity contribution in [2.45, 2.75) is 62.1 Å². The summed E-state index contributed by atoms with van der Waals surface area (Å²) in [6.45, 7) is -0.940. The molecule has 3 heterocycles. The maximum Gasteiger partial charge on any atom is 0.483 e. The van der Waals surface area contributed by atoms with Gasteiger partial charge in [-0.05, 0) is 0 Å². The Morgan fingerprint density at radius 3 is 2.28 bits per heavy atom. The van der Waals surface area contributed by atoms with Gasteiger partial charge in [0.2, 0.25) is 5.91 Å². The predicted octanol–water partition coefficient (Wildman–Crippen LogP) is -4.65. The number of aromatic nitrogens is 2. The Kier molecular flexibility index (Phi) is 10.0. The van der Waals surface area contributed by atoms with Crippen molar-refractivity contribution in [2.24, 2.45) is 0 Å². The van der Waals surface area contributed by atoms with Crippen LogP contribution in [0.3, 0.4) is 0 Å². The molecule has 20 nitrogen and oxygen atoms in total. The number of phosphoric ester groups is 2. The van der Waals surface area contributed by atoms with Crippen LogP contribution in [0.15, 0.2) is 21.9 Å². The molecule has 0 radical (unpaired) electrons. The molecule has 1 aromatic rings. The Labute approximate surface area is 217 Å². The summed E-state index contributed by atoms with van der Waals surface area (Å²) in [5.41, 5.74) is -1.75. The van der Waals surface area contributed by atoms with Gasteiger partial charge >= 0.3 is 21.3 Å². The highest BCUT2D eigenvalue weighted by atomic mass is 31.3. The summed E-state index contributed by atoms with van der Waals surface area (Å²) in [6, 6.07) is -0.766. The van der Waals surface area contributed by atoms with E-state index in [1.807, 2.05) is 4.98 Å². The molecule has 2 aliphatic rings. The van der Waals surface area contributed by atoms with Gasteiger partial charge in [0.15, 0.2) is 12.5 Å². The molecule has 2 fully saturated rings. The number of phosphoric acid groups is 2. The number of rotatable bonds is 10. The van der Waals surface area contributed by atoms with Gasteiger partial charge in [-0.1, -0.05) is 0 Å². The van der Waals surface area contributed by atoms with Gasteiger partial charge in [0.05, 0.1) is 13.2 Å². The Hall–Kier alpha value is -1.87. The molecule has 9 N–H and O–H groups in total. The van der Waals surface area contributed by atoms with E-state index < -0.39 is 101 Å². The lowest BCUT2D eigenvalue weighted by Crippen LogP contribution is -2.64. The number of hydrogen-bond acceptors (Lipinski definition) is 15. The number of hydrogen-bond donors (Lipinski definition) is 9. The first-order valence-corrected chi connectivity index (χ1v) is 14.0. The molecule has 0 aliphatic carbocycles. The number of carbonyl (C=O) groups excluding carboxylic acids is 1. The summed E-state index contributed by atoms with van der Waals surface area (Å²) >= 11 is 0. The number of H-pyrrole nitrogens is 1. The third-order valence-corrected chi connectivity index (χ3v) is 8.16. The Morgan fingerprint density at radius 1 is 1.05 bits per heavy atom. The Morgan fingerprint density at radius 2 is 1.69 bits per heavy atom. The second kappa shape index (κ2) is 12.3. The summed E-state index contributed by atoms with van der Waals surface area (Å²) in [4.78, 5) is 56.4. The molecule has 2 saturated heterocycles. The van der Waals surface area contributed by atoms with Gasteiger partial charge in [-0.25, -0.2) is 13.9 Å². The van der Waals surface area contributed by atoms with Crippen molar-refractivity contribution < 1.29 is 72.1 Å². The fourth-order valence-corrected chi connectivity index (χ4v) is 5.92. The van der Waals surface area contributed by atoms with Crippen molar-refractivity contribution >= 4 is 21.6 Å². The van der Waals surface area contributed by atoms with Crippen LogP contribution in [0, 0.1) is 0 Å². The molecule has 2 aliphatic heterocycles. The van der Waals surface area contributed by atoms with Crippen molar-refractivity contribution in [2.75, 3.05) is 13.2 Å². The van der Waals surface area contributed by atoms with Crippen molar-refractivity contribution in [3.05, 3.63) is 33.1 Å². The van der Waals surface area contributed by atoms with Gasteiger partial charge in [0, 0.05) is 19.2 Å². The first-order valence-electron chi connectivity index (χ1n) is 11.0. The van der Waals surface area contributed by atoms with Gasteiger partial charge in [0.25, 0.3) is 5.56 Å². The van der Waals surface area contributed by atoms with Crippen molar-refractivity contribution in [3.8, 4) is 0 Å². The van der Waals surface area contributed by atoms with Crippen LogP contribution < -0.4 is 16.6 Å². The SMILES string of the molecule is CC(=O)N[C@H]1C(OP(=O)(O)OP(=O)(O)OC[C@H]2O[C@@H](n3ccc(=O)[nH]c3=O)[C@H](O)[C@@H]2O)O[C@H](CO)C(O)[C@@H]1O. The first kappa shape index (κ1) is 31.7. The number of nitrogens with zero attached hydrogens (tertiary/aromatic N) is 1. The van der Waals surface area contributed by atoms with Gasteiger partial charge in [-0.15, -0.1) is 0 Å². The van der Waals surface area contributed by atoms with Crippen LogP contribution in [0.25, 0.3) is 0 Å². The molecule has 0 saturated carbocycles. The normalized spacial score (nSPS) is 36.2. The number of aliphatic hydroxyl groups is 5. The molecule has 3 rings (SSSR count). The number of amides is 1. The largest absolute Gasteiger partial charge is 0.483 e. The molecule has 1 amide bonds. The Balaban J connectivity index is 1.66. The van der Waals surface area contributed by atoms with Crippen LogP contribution in [-0.4, -0.2) is 113 Å². The van der Waals surface area contributed by atoms with Crippen LogP contribution in [0.2, 0.25) is 0 Å². The lowest BCUT2D eigenvalue weighted by Gasteiger charge is -2.42. The molecule has 1 aromatic heterocycles. The number of aromatic amines is 1. The zero-order valence-electron chi connectivity index (χ0n) is 19.8. The lowest BCUT2D eigenvalue weighted by atomic mass is 9.97. The lowest BCUT2D eigenvalue weighted by molar-refractivity contribution is -0.247. The van der Waals surface area contributed by atoms with E-state index in [0.717, 1.165) is 23.8 Å². The van der Waals surface area contributed by atoms with Crippen molar-refractivity contribution in [3.63, 3.8) is 0 Å². The molecule has 0 aromatic carbocycles. The van der Waals surface area contributed by atoms with E-state index in [1.54, 1.807) is 0 Å². The summed E-state index contributed by atoms with van der Waals surface area (Å²) in [5.74, 6) is -0.796. The van der Waals surface area contributed by atoms with E-state index >= 15 is 0 Å². The molecule has 22 heteroatoms. The highest BCUT2D eigenvalue weighted by molar-refractivity contribution is 7.61. The van der Waals surface area contributed by atoms with Crippen LogP contribution in [0.5, 0.6) is 0 Å². The van der Waals surface area contributed by atoms with E-state index in [4.69, 9.17) is 9.47 Å². The van der Waals surface area contributed by atoms with Crippen LogP contribution >= 0.6 is 15.6 Å². The van der Waals surface area contributed by atoms with Gasteiger partial charge in [0.1, 0.15) is 42.7 Å². The van der Waals surface area contributed by atoms with Gasteiger partial charge in [-0.3, -0.25) is 28.2 Å². The topological polar surface area (TPSA) is 306 Å². The zero-order chi connectivity index (χ0) is 29.3. The first-order chi connectivity index (χ1) is 18.0. The van der Waals surface area contributed by atoms with Crippen molar-refractivity contribution in [1.82, 2.24) is 14.9 Å². The third-order valence-electron chi connectivity index (χ3n) is 5.56. The molecule has 4 unspecified atom stereocenters. The summed E-state index contributed by atoms with van der Waals surface area (Å²) < 4.78 is 49.2. The van der Waals surface area contributed by atoms with E-state index in [-0.39, 0.29) is 0 Å². The fourth-order valence-electron chi connectivity index (χ4n) is 3.76. The van der Waals surface area contributed by atoms with Crippen LogP contribution in [-0.2, 0) is 36.8 Å². The quantitative estimate of drug-likeness (QED) is 0.113. The predicted molar refractivity (Wildman–Crippen MR) is 120 cm³/mol. The molecule has 222 valence electrons. The smallest absolute Gasteiger partial charge is 0.394 e. The highest BCUT2D eigenvalue weighted by Crippen LogP contribution is 2.61. The molecule has 11 atom stereocenters. The number of nitrogens with one attached hydrogen (secondary N) is 2. The highest BCUT2D eigenvalue weighted by Gasteiger charge is 2.50. The molecule has 39 heavy (non-hydrogen) atoms. The van der Waals surface area contributed by atoms with E-state index in [2.05, 4.69) is 18.7 Å². The van der Waals surface area contributed by atoms with E-state index in [9.17, 15) is 58.8 Å². The minimum absolute atomic E-state index is 0.723. The van der Waals surface area contributed by atoms with Gasteiger partial charge in [-0.2, -0.15) is 4.31 Å². The summed E-state index contributed by atoms with van der Waals surface area (Å²) in [7, 11) is -11.1. The van der Waals surface area contributed by atoms with Gasteiger partial charge < -0.3 is 50.1 Å². The number of aliphatic hydroxyl groups excluding tert-OH is 5. The molecular formula is C17H27N3O17P2. The average Bonchev–Trinajstić information content (AvgIpc) is 3.10. The summed E-state index contributed by atoms with van der Waals surface area (Å²) in [5, 5.41) is 51.9.